The van der Waals surface area contributed by atoms with E-state index in [4.69, 9.17) is 14.7 Å². The van der Waals surface area contributed by atoms with Crippen LogP contribution in [0.25, 0.3) is 5.70 Å². The summed E-state index contributed by atoms with van der Waals surface area (Å²) in [7, 11) is 0. The van der Waals surface area contributed by atoms with Gasteiger partial charge in [-0.25, -0.2) is 9.18 Å². The minimum atomic E-state index is -0.591. The Morgan fingerprint density at radius 3 is 2.44 bits per heavy atom. The Morgan fingerprint density at radius 2 is 1.80 bits per heavy atom. The number of amides is 1. The average molecular weight is 617 g/mol. The van der Waals surface area contributed by atoms with Gasteiger partial charge in [0.15, 0.2) is 5.82 Å². The molecule has 4 rings (SSSR count). The van der Waals surface area contributed by atoms with E-state index in [1.54, 1.807) is 17.0 Å². The maximum absolute atomic E-state index is 16.6. The van der Waals surface area contributed by atoms with Crippen molar-refractivity contribution in [2.45, 2.75) is 93.7 Å². The Kier molecular flexibility index (Phi) is 10.1. The molecule has 8 nitrogen and oxygen atoms in total. The number of hydrazine groups is 1. The fraction of sp³-hybridized carbons (Fsp3) is 0.472. The number of hydrogen-bond acceptors (Lipinski definition) is 7. The highest BCUT2D eigenvalue weighted by molar-refractivity contribution is 5.94. The monoisotopic (exact) mass is 616 g/mol. The van der Waals surface area contributed by atoms with Gasteiger partial charge >= 0.3 is 6.09 Å². The maximum Gasteiger partial charge on any atom is 0.414 e. The van der Waals surface area contributed by atoms with Crippen molar-refractivity contribution >= 4 is 40.4 Å². The van der Waals surface area contributed by atoms with Gasteiger partial charge in [0.05, 0.1) is 34.6 Å². The smallest absolute Gasteiger partial charge is 0.414 e. The van der Waals surface area contributed by atoms with Crippen LogP contribution in [-0.4, -0.2) is 35.8 Å². The second-order valence-corrected chi connectivity index (χ2v) is 13.8. The molecule has 2 aromatic carbocycles. The van der Waals surface area contributed by atoms with Gasteiger partial charge < -0.3 is 15.5 Å². The SMILES string of the molecule is CCC(C)/C(=C(\N=C(C)C(C)(C)C)c1cccc(NNc2cccc3c2CCN3C(=O)OC(C)(C)C)c1F)C1C=CNC(C)=N1. The Bertz CT molecular complexity index is 1540. The molecule has 0 saturated heterocycles. The van der Waals surface area contributed by atoms with Crippen LogP contribution in [0.2, 0.25) is 0 Å². The van der Waals surface area contributed by atoms with Crippen LogP contribution in [0.1, 0.15) is 86.8 Å². The van der Waals surface area contributed by atoms with Gasteiger partial charge in [-0.15, -0.1) is 0 Å². The number of hydrogen-bond donors (Lipinski definition) is 3. The number of halogens is 1. The van der Waals surface area contributed by atoms with Crippen molar-refractivity contribution in [2.75, 3.05) is 22.3 Å². The number of rotatable bonds is 8. The number of nitrogens with zero attached hydrogens (tertiary/aromatic N) is 3. The molecule has 1 amide bonds. The summed E-state index contributed by atoms with van der Waals surface area (Å²) in [5, 5.41) is 3.15. The molecule has 0 aromatic heterocycles. The standard InChI is InChI=1S/C36H49FN6O2/c1-11-22(2)31(28-18-20-38-24(4)40-28)33(39-23(3)35(5,6)7)26-14-12-16-29(32(26)37)42-41-27-15-13-17-30-25(27)19-21-43(30)34(44)45-36(8,9)10/h12-18,20,22,28,41-42H,11,19,21H2,1-10H3,(H,38,40)/b33-31+,39-23?. The molecular formula is C36H49FN6O2. The summed E-state index contributed by atoms with van der Waals surface area (Å²) in [6.45, 7) is 20.6. The summed E-state index contributed by atoms with van der Waals surface area (Å²) in [5.41, 5.74) is 11.2. The summed E-state index contributed by atoms with van der Waals surface area (Å²) >= 11 is 0. The van der Waals surface area contributed by atoms with E-state index in [2.05, 4.69) is 50.8 Å². The second kappa shape index (κ2) is 13.5. The summed E-state index contributed by atoms with van der Waals surface area (Å²) in [6, 6.07) is 10.8. The number of fused-ring (bicyclic) bond motifs is 1. The lowest BCUT2D eigenvalue weighted by molar-refractivity contribution is 0.0584. The van der Waals surface area contributed by atoms with Crippen LogP contribution in [0.15, 0.2) is 64.2 Å². The van der Waals surface area contributed by atoms with E-state index in [0.717, 1.165) is 40.5 Å². The average Bonchev–Trinajstić information content (AvgIpc) is 3.40. The van der Waals surface area contributed by atoms with Crippen LogP contribution in [0, 0.1) is 17.2 Å². The quantitative estimate of drug-likeness (QED) is 0.204. The topological polar surface area (TPSA) is 90.4 Å². The van der Waals surface area contributed by atoms with Crippen molar-refractivity contribution in [3.05, 3.63) is 71.2 Å². The largest absolute Gasteiger partial charge is 0.443 e. The first-order valence-corrected chi connectivity index (χ1v) is 15.8. The van der Waals surface area contributed by atoms with Crippen LogP contribution in [0.4, 0.5) is 26.2 Å². The Labute approximate surface area is 267 Å². The van der Waals surface area contributed by atoms with Gasteiger partial charge in [-0.3, -0.25) is 20.3 Å². The van der Waals surface area contributed by atoms with Gasteiger partial charge in [0.2, 0.25) is 0 Å². The molecule has 242 valence electrons. The van der Waals surface area contributed by atoms with Gasteiger partial charge in [0.25, 0.3) is 0 Å². The van der Waals surface area contributed by atoms with Crippen molar-refractivity contribution in [1.29, 1.82) is 0 Å². The lowest BCUT2D eigenvalue weighted by Gasteiger charge is -2.27. The number of ether oxygens (including phenoxy) is 1. The number of nitrogens with one attached hydrogen (secondary N) is 3. The van der Waals surface area contributed by atoms with Crippen molar-refractivity contribution in [2.24, 2.45) is 21.3 Å². The molecule has 0 spiro atoms. The molecule has 2 heterocycles. The maximum atomic E-state index is 16.6. The molecule has 0 fully saturated rings. The van der Waals surface area contributed by atoms with Crippen molar-refractivity contribution in [3.8, 4) is 0 Å². The van der Waals surface area contributed by atoms with E-state index in [9.17, 15) is 4.79 Å². The normalized spacial score (nSPS) is 18.0. The highest BCUT2D eigenvalue weighted by atomic mass is 19.1. The minimum Gasteiger partial charge on any atom is -0.443 e. The van der Waals surface area contributed by atoms with Gasteiger partial charge in [-0.05, 0) is 94.7 Å². The molecule has 2 unspecified atom stereocenters. The van der Waals surface area contributed by atoms with Crippen molar-refractivity contribution in [1.82, 2.24) is 5.32 Å². The second-order valence-electron chi connectivity index (χ2n) is 13.8. The summed E-state index contributed by atoms with van der Waals surface area (Å²) < 4.78 is 22.2. The third-order valence-electron chi connectivity index (χ3n) is 8.23. The van der Waals surface area contributed by atoms with E-state index in [0.29, 0.717) is 24.2 Å². The Balaban J connectivity index is 1.74. The molecular weight excluding hydrogens is 567 g/mol. The highest BCUT2D eigenvalue weighted by Crippen LogP contribution is 2.38. The molecule has 9 heteroatoms. The molecule has 2 aliphatic rings. The summed E-state index contributed by atoms with van der Waals surface area (Å²) in [4.78, 5) is 24.5. The van der Waals surface area contributed by atoms with Crippen LogP contribution >= 0.6 is 0 Å². The molecule has 0 aliphatic carbocycles. The molecule has 0 saturated carbocycles. The zero-order chi connectivity index (χ0) is 33.1. The fourth-order valence-corrected chi connectivity index (χ4v) is 5.23. The number of carbonyl (C=O) groups is 1. The zero-order valence-corrected chi connectivity index (χ0v) is 28.4. The van der Waals surface area contributed by atoms with Crippen LogP contribution in [0.3, 0.4) is 0 Å². The highest BCUT2D eigenvalue weighted by Gasteiger charge is 2.31. The fourth-order valence-electron chi connectivity index (χ4n) is 5.23. The molecule has 2 aliphatic heterocycles. The van der Waals surface area contributed by atoms with Gasteiger partial charge in [-0.1, -0.05) is 46.8 Å². The third-order valence-corrected chi connectivity index (χ3v) is 8.23. The van der Waals surface area contributed by atoms with Gasteiger partial charge in [0.1, 0.15) is 5.60 Å². The van der Waals surface area contributed by atoms with E-state index >= 15 is 4.39 Å². The first-order chi connectivity index (χ1) is 21.1. The summed E-state index contributed by atoms with van der Waals surface area (Å²) in [6.07, 6.45) is 5.03. The van der Waals surface area contributed by atoms with E-state index in [1.165, 1.54) is 0 Å². The number of carbonyl (C=O) groups excluding carboxylic acids is 1. The number of amidine groups is 1. The van der Waals surface area contributed by atoms with Gasteiger partial charge in [0, 0.05) is 29.6 Å². The summed E-state index contributed by atoms with van der Waals surface area (Å²) in [5.74, 6) is 0.502. The van der Waals surface area contributed by atoms with Gasteiger partial charge in [-0.2, -0.15) is 0 Å². The lowest BCUT2D eigenvalue weighted by atomic mass is 9.86. The number of aliphatic imine (C=N–C) groups is 2. The number of anilines is 3. The zero-order valence-electron chi connectivity index (χ0n) is 28.4. The molecule has 45 heavy (non-hydrogen) atoms. The Morgan fingerprint density at radius 1 is 1.13 bits per heavy atom. The van der Waals surface area contributed by atoms with Crippen molar-refractivity contribution < 1.29 is 13.9 Å². The van der Waals surface area contributed by atoms with Crippen LogP contribution in [0.5, 0.6) is 0 Å². The van der Waals surface area contributed by atoms with Crippen LogP contribution in [-0.2, 0) is 11.2 Å². The molecule has 3 N–H and O–H groups in total. The van der Waals surface area contributed by atoms with E-state index in [-0.39, 0.29) is 29.2 Å². The molecule has 0 radical (unpaired) electrons. The minimum absolute atomic E-state index is 0.106. The van der Waals surface area contributed by atoms with E-state index in [1.807, 2.05) is 71.2 Å². The first kappa shape index (κ1) is 33.7. The molecule has 2 aromatic rings. The molecule has 2 atom stereocenters. The predicted octanol–water partition coefficient (Wildman–Crippen LogP) is 8.73. The molecule has 0 bridgehead atoms. The van der Waals surface area contributed by atoms with E-state index < -0.39 is 11.4 Å². The van der Waals surface area contributed by atoms with Crippen molar-refractivity contribution in [3.63, 3.8) is 0 Å². The predicted molar refractivity (Wildman–Crippen MR) is 185 cm³/mol. The number of benzene rings is 2. The lowest BCUT2D eigenvalue weighted by Crippen LogP contribution is -2.35. The third kappa shape index (κ3) is 7.93. The van der Waals surface area contributed by atoms with Crippen LogP contribution < -0.4 is 21.1 Å². The first-order valence-electron chi connectivity index (χ1n) is 15.8. The Hall–Kier alpha value is -4.14.